The minimum Gasteiger partial charge on any atom is -0.306 e. The number of fused-ring (bicyclic) bond motifs is 1. The van der Waals surface area contributed by atoms with Crippen molar-refractivity contribution in [3.63, 3.8) is 0 Å². The largest absolute Gasteiger partial charge is 0.306 e. The normalized spacial score (nSPS) is 11.3. The van der Waals surface area contributed by atoms with Gasteiger partial charge in [-0.25, -0.2) is 4.39 Å². The topological polar surface area (TPSA) is 3.24 Å². The van der Waals surface area contributed by atoms with Crippen molar-refractivity contribution in [1.82, 2.24) is 4.90 Å². The molecule has 0 bridgehead atoms. The third kappa shape index (κ3) is 2.64. The highest BCUT2D eigenvalue weighted by atomic mass is 19.1. The second-order valence-corrected chi connectivity index (χ2v) is 4.39. The SMILES string of the molecule is CCN(C)CCc1c(F)ccc2ccccc12. The van der Waals surface area contributed by atoms with Gasteiger partial charge in [0.2, 0.25) is 0 Å². The molecule has 17 heavy (non-hydrogen) atoms. The van der Waals surface area contributed by atoms with Crippen LogP contribution >= 0.6 is 0 Å². The van der Waals surface area contributed by atoms with Gasteiger partial charge in [0, 0.05) is 6.54 Å². The average Bonchev–Trinajstić information content (AvgIpc) is 2.37. The van der Waals surface area contributed by atoms with Crippen LogP contribution in [-0.2, 0) is 6.42 Å². The molecule has 0 atom stereocenters. The van der Waals surface area contributed by atoms with Crippen LogP contribution in [0.5, 0.6) is 0 Å². The van der Waals surface area contributed by atoms with E-state index < -0.39 is 0 Å². The zero-order chi connectivity index (χ0) is 12.3. The highest BCUT2D eigenvalue weighted by molar-refractivity contribution is 5.85. The number of rotatable bonds is 4. The van der Waals surface area contributed by atoms with E-state index >= 15 is 0 Å². The summed E-state index contributed by atoms with van der Waals surface area (Å²) >= 11 is 0. The Hall–Kier alpha value is -1.41. The summed E-state index contributed by atoms with van der Waals surface area (Å²) in [7, 11) is 2.06. The zero-order valence-corrected chi connectivity index (χ0v) is 10.4. The van der Waals surface area contributed by atoms with Gasteiger partial charge < -0.3 is 4.90 Å². The maximum Gasteiger partial charge on any atom is 0.127 e. The highest BCUT2D eigenvalue weighted by Gasteiger charge is 2.07. The first-order valence-electron chi connectivity index (χ1n) is 6.07. The molecule has 0 heterocycles. The molecule has 2 heteroatoms. The molecule has 2 rings (SSSR count). The van der Waals surface area contributed by atoms with Crippen LogP contribution in [0, 0.1) is 5.82 Å². The minimum atomic E-state index is -0.0896. The number of benzene rings is 2. The first kappa shape index (κ1) is 12.1. The summed E-state index contributed by atoms with van der Waals surface area (Å²) in [5.74, 6) is -0.0896. The molecule has 0 radical (unpaired) electrons. The number of nitrogens with zero attached hydrogens (tertiary/aromatic N) is 1. The van der Waals surface area contributed by atoms with Crippen molar-refractivity contribution in [2.75, 3.05) is 20.1 Å². The van der Waals surface area contributed by atoms with Crippen LogP contribution in [0.3, 0.4) is 0 Å². The van der Waals surface area contributed by atoms with Gasteiger partial charge >= 0.3 is 0 Å². The molecule has 1 nitrogen and oxygen atoms in total. The van der Waals surface area contributed by atoms with E-state index in [0.29, 0.717) is 0 Å². The van der Waals surface area contributed by atoms with Gasteiger partial charge in [0.25, 0.3) is 0 Å². The Bertz CT molecular complexity index is 507. The fourth-order valence-electron chi connectivity index (χ4n) is 2.02. The lowest BCUT2D eigenvalue weighted by Crippen LogP contribution is -2.20. The van der Waals surface area contributed by atoms with Gasteiger partial charge in [-0.3, -0.25) is 0 Å². The van der Waals surface area contributed by atoms with Gasteiger partial charge in [0.1, 0.15) is 5.82 Å². The molecule has 0 aliphatic carbocycles. The summed E-state index contributed by atoms with van der Waals surface area (Å²) in [5.41, 5.74) is 0.836. The molecule has 0 N–H and O–H groups in total. The lowest BCUT2D eigenvalue weighted by Gasteiger charge is -2.15. The lowest BCUT2D eigenvalue weighted by atomic mass is 10.0. The molecule has 2 aromatic carbocycles. The first-order valence-corrected chi connectivity index (χ1v) is 6.07. The van der Waals surface area contributed by atoms with E-state index in [0.717, 1.165) is 35.8 Å². The quantitative estimate of drug-likeness (QED) is 0.778. The van der Waals surface area contributed by atoms with Crippen LogP contribution in [-0.4, -0.2) is 25.0 Å². The van der Waals surface area contributed by atoms with Gasteiger partial charge in [-0.05, 0) is 42.4 Å². The Morgan fingerprint density at radius 3 is 2.65 bits per heavy atom. The van der Waals surface area contributed by atoms with Crippen LogP contribution < -0.4 is 0 Å². The third-order valence-electron chi connectivity index (χ3n) is 3.27. The van der Waals surface area contributed by atoms with Gasteiger partial charge in [-0.1, -0.05) is 37.3 Å². The fourth-order valence-corrected chi connectivity index (χ4v) is 2.02. The Morgan fingerprint density at radius 2 is 1.88 bits per heavy atom. The molecule has 0 saturated heterocycles. The summed E-state index contributed by atoms with van der Waals surface area (Å²) in [6, 6.07) is 11.4. The molecule has 90 valence electrons. The number of likely N-dealkylation sites (N-methyl/N-ethyl adjacent to an activating group) is 1. The summed E-state index contributed by atoms with van der Waals surface area (Å²) in [6.45, 7) is 3.99. The van der Waals surface area contributed by atoms with Crippen LogP contribution in [0.1, 0.15) is 12.5 Å². The Labute approximate surface area is 102 Å². The monoisotopic (exact) mass is 231 g/mol. The molecule has 0 unspecified atom stereocenters. The molecule has 0 fully saturated rings. The fraction of sp³-hybridized carbons (Fsp3) is 0.333. The van der Waals surface area contributed by atoms with E-state index in [9.17, 15) is 4.39 Å². The Morgan fingerprint density at radius 1 is 1.12 bits per heavy atom. The molecular formula is C15H18FN. The van der Waals surface area contributed by atoms with Crippen LogP contribution in [0.2, 0.25) is 0 Å². The van der Waals surface area contributed by atoms with Gasteiger partial charge in [0.05, 0.1) is 0 Å². The van der Waals surface area contributed by atoms with Gasteiger partial charge in [-0.2, -0.15) is 0 Å². The highest BCUT2D eigenvalue weighted by Crippen LogP contribution is 2.22. The summed E-state index contributed by atoms with van der Waals surface area (Å²) in [4.78, 5) is 2.20. The number of hydrogen-bond donors (Lipinski definition) is 0. The van der Waals surface area contributed by atoms with Crippen LogP contribution in [0.15, 0.2) is 36.4 Å². The molecule has 0 saturated carbocycles. The first-order chi connectivity index (χ1) is 8.22. The molecule has 0 amide bonds. The molecule has 2 aromatic rings. The van der Waals surface area contributed by atoms with Crippen molar-refractivity contribution in [2.24, 2.45) is 0 Å². The average molecular weight is 231 g/mol. The van der Waals surface area contributed by atoms with Crippen molar-refractivity contribution in [1.29, 1.82) is 0 Å². The van der Waals surface area contributed by atoms with Gasteiger partial charge in [0.15, 0.2) is 0 Å². The maximum absolute atomic E-state index is 13.9. The van der Waals surface area contributed by atoms with Crippen molar-refractivity contribution < 1.29 is 4.39 Å². The minimum absolute atomic E-state index is 0.0896. The second-order valence-electron chi connectivity index (χ2n) is 4.39. The van der Waals surface area contributed by atoms with Gasteiger partial charge in [-0.15, -0.1) is 0 Å². The van der Waals surface area contributed by atoms with E-state index in [-0.39, 0.29) is 5.82 Å². The Kier molecular flexibility index (Phi) is 3.75. The summed E-state index contributed by atoms with van der Waals surface area (Å²) in [6.07, 6.45) is 0.761. The van der Waals surface area contributed by atoms with E-state index in [4.69, 9.17) is 0 Å². The zero-order valence-electron chi connectivity index (χ0n) is 10.4. The molecule has 0 spiro atoms. The lowest BCUT2D eigenvalue weighted by molar-refractivity contribution is 0.356. The number of hydrogen-bond acceptors (Lipinski definition) is 1. The smallest absolute Gasteiger partial charge is 0.127 e. The van der Waals surface area contributed by atoms with E-state index in [1.807, 2.05) is 30.3 Å². The van der Waals surface area contributed by atoms with E-state index in [1.165, 1.54) is 0 Å². The van der Waals surface area contributed by atoms with E-state index in [1.54, 1.807) is 6.07 Å². The third-order valence-corrected chi connectivity index (χ3v) is 3.27. The van der Waals surface area contributed by atoms with Crippen LogP contribution in [0.25, 0.3) is 10.8 Å². The predicted octanol–water partition coefficient (Wildman–Crippen LogP) is 3.47. The molecule has 0 aliphatic rings. The van der Waals surface area contributed by atoms with Crippen molar-refractivity contribution >= 4 is 10.8 Å². The molecule has 0 aromatic heterocycles. The second kappa shape index (κ2) is 5.28. The standard InChI is InChI=1S/C15H18FN/c1-3-17(2)11-10-14-13-7-5-4-6-12(13)8-9-15(14)16/h4-9H,3,10-11H2,1-2H3. The number of halogens is 1. The summed E-state index contributed by atoms with van der Waals surface area (Å²) < 4.78 is 13.9. The predicted molar refractivity (Wildman–Crippen MR) is 70.8 cm³/mol. The van der Waals surface area contributed by atoms with Crippen molar-refractivity contribution in [2.45, 2.75) is 13.3 Å². The maximum atomic E-state index is 13.9. The summed E-state index contributed by atoms with van der Waals surface area (Å²) in [5, 5.41) is 2.15. The van der Waals surface area contributed by atoms with Crippen LogP contribution in [0.4, 0.5) is 4.39 Å². The Balaban J connectivity index is 2.34. The molecular weight excluding hydrogens is 213 g/mol. The molecule has 0 aliphatic heterocycles. The van der Waals surface area contributed by atoms with E-state index in [2.05, 4.69) is 18.9 Å². The van der Waals surface area contributed by atoms with Crippen molar-refractivity contribution in [3.8, 4) is 0 Å². The van der Waals surface area contributed by atoms with Crippen molar-refractivity contribution in [3.05, 3.63) is 47.8 Å².